The van der Waals surface area contributed by atoms with E-state index < -0.39 is 17.5 Å². The van der Waals surface area contributed by atoms with Crippen LogP contribution in [0, 0.1) is 28.6 Å². The van der Waals surface area contributed by atoms with E-state index in [0.29, 0.717) is 44.0 Å². The van der Waals surface area contributed by atoms with Gasteiger partial charge < -0.3 is 14.8 Å². The quantitative estimate of drug-likeness (QED) is 0.179. The molecule has 0 radical (unpaired) electrons. The highest BCUT2D eigenvalue weighted by atomic mass is 19.2. The Hall–Kier alpha value is -3.75. The molecule has 6 nitrogen and oxygen atoms in total. The molecular formula is C28H30F3N3O3. The van der Waals surface area contributed by atoms with Crippen LogP contribution in [-0.4, -0.2) is 31.0 Å². The van der Waals surface area contributed by atoms with Crippen LogP contribution in [-0.2, 0) is 24.3 Å². The third-order valence-electron chi connectivity index (χ3n) is 6.74. The summed E-state index contributed by atoms with van der Waals surface area (Å²) in [5, 5.41) is 11.9. The van der Waals surface area contributed by atoms with Crippen molar-refractivity contribution in [1.29, 1.82) is 0 Å². The molecule has 1 unspecified atom stereocenters. The van der Waals surface area contributed by atoms with Crippen LogP contribution in [0.3, 0.4) is 0 Å². The van der Waals surface area contributed by atoms with Gasteiger partial charge in [0.05, 0.1) is 26.4 Å². The highest BCUT2D eigenvalue weighted by Gasteiger charge is 2.30. The largest absolute Gasteiger partial charge is 0.711 e. The van der Waals surface area contributed by atoms with E-state index in [1.807, 2.05) is 43.1 Å². The summed E-state index contributed by atoms with van der Waals surface area (Å²) in [5.74, 6) is -3.31. The lowest BCUT2D eigenvalue weighted by atomic mass is 9.95. The zero-order valence-corrected chi connectivity index (χ0v) is 20.9. The summed E-state index contributed by atoms with van der Waals surface area (Å²) in [6, 6.07) is 13.0. The van der Waals surface area contributed by atoms with E-state index in [1.54, 1.807) is 12.1 Å². The van der Waals surface area contributed by atoms with Crippen LogP contribution in [0.25, 0.3) is 0 Å². The van der Waals surface area contributed by atoms with E-state index >= 15 is 0 Å². The summed E-state index contributed by atoms with van der Waals surface area (Å²) < 4.78 is 48.3. The van der Waals surface area contributed by atoms with E-state index in [-0.39, 0.29) is 30.5 Å². The summed E-state index contributed by atoms with van der Waals surface area (Å²) in [4.78, 5) is 16.5. The minimum atomic E-state index is -1.54. The third-order valence-corrected chi connectivity index (χ3v) is 6.74. The Labute approximate surface area is 214 Å². The van der Waals surface area contributed by atoms with Gasteiger partial charge in [-0.1, -0.05) is 25.1 Å². The van der Waals surface area contributed by atoms with Crippen LogP contribution in [0.4, 0.5) is 19.0 Å². The Balaban J connectivity index is 1.44. The second-order valence-electron chi connectivity index (χ2n) is 9.28. The second-order valence-corrected chi connectivity index (χ2v) is 9.28. The van der Waals surface area contributed by atoms with Gasteiger partial charge in [0, 0.05) is 37.1 Å². The summed E-state index contributed by atoms with van der Waals surface area (Å²) in [7, 11) is 1.84. The van der Waals surface area contributed by atoms with Gasteiger partial charge in [-0.05, 0) is 48.2 Å². The standard InChI is InChI=1S/C28H30F3N3O3/c1-3-19-15-20-8-10-23(37-14-6-12-32(2)25-7-4-5-13-34(25)36)16-22(20)18-33(28(19)35)17-21-9-11-24(29)27(31)26(21)30/h4-5,7-11,13,16,19H,3,6,12,14-15,17-18H2,1-2H3. The van der Waals surface area contributed by atoms with Crippen LogP contribution in [0.2, 0.25) is 0 Å². The Morgan fingerprint density at radius 2 is 1.92 bits per heavy atom. The topological polar surface area (TPSA) is 59.7 Å². The molecule has 1 aromatic heterocycles. The monoisotopic (exact) mass is 513 g/mol. The molecule has 1 aliphatic rings. The van der Waals surface area contributed by atoms with Crippen molar-refractivity contribution >= 4 is 11.7 Å². The maximum Gasteiger partial charge on any atom is 0.279 e. The van der Waals surface area contributed by atoms with E-state index in [1.165, 1.54) is 17.2 Å². The Morgan fingerprint density at radius 3 is 2.68 bits per heavy atom. The van der Waals surface area contributed by atoms with Crippen molar-refractivity contribution in [3.05, 3.63) is 94.1 Å². The van der Waals surface area contributed by atoms with Gasteiger partial charge in [0.2, 0.25) is 5.91 Å². The Morgan fingerprint density at radius 1 is 1.11 bits per heavy atom. The minimum absolute atomic E-state index is 0.0695. The van der Waals surface area contributed by atoms with Crippen LogP contribution in [0.5, 0.6) is 5.75 Å². The Kier molecular flexibility index (Phi) is 8.21. The van der Waals surface area contributed by atoms with Crippen molar-refractivity contribution < 1.29 is 27.4 Å². The number of amides is 1. The number of ether oxygens (including phenoxy) is 1. The number of fused-ring (bicyclic) bond motifs is 1. The van der Waals surface area contributed by atoms with Gasteiger partial charge in [-0.25, -0.2) is 17.9 Å². The average molecular weight is 514 g/mol. The number of hydrogen-bond donors (Lipinski definition) is 0. The second kappa shape index (κ2) is 11.5. The lowest BCUT2D eigenvalue weighted by molar-refractivity contribution is -0.592. The van der Waals surface area contributed by atoms with Crippen LogP contribution >= 0.6 is 0 Å². The Bertz CT molecular complexity index is 1270. The first-order valence-electron chi connectivity index (χ1n) is 12.3. The van der Waals surface area contributed by atoms with Crippen LogP contribution in [0.15, 0.2) is 54.7 Å². The molecule has 0 spiro atoms. The molecule has 1 amide bonds. The minimum Gasteiger partial charge on any atom is -0.711 e. The van der Waals surface area contributed by atoms with E-state index in [4.69, 9.17) is 4.74 Å². The number of carbonyl (C=O) groups excluding carboxylic acids is 1. The lowest BCUT2D eigenvalue weighted by Crippen LogP contribution is -2.36. The van der Waals surface area contributed by atoms with E-state index in [9.17, 15) is 23.2 Å². The molecule has 37 heavy (non-hydrogen) atoms. The third kappa shape index (κ3) is 5.98. The summed E-state index contributed by atoms with van der Waals surface area (Å²) in [6.45, 7) is 3.02. The number of nitrogens with zero attached hydrogens (tertiary/aromatic N) is 3. The van der Waals surface area contributed by atoms with Gasteiger partial charge in [0.15, 0.2) is 17.5 Å². The number of halogens is 3. The number of anilines is 1. The highest BCUT2D eigenvalue weighted by molar-refractivity contribution is 5.80. The molecule has 0 saturated carbocycles. The molecule has 4 rings (SSSR count). The molecule has 2 heterocycles. The molecule has 9 heteroatoms. The molecule has 1 aliphatic heterocycles. The molecule has 0 fully saturated rings. The fourth-order valence-corrected chi connectivity index (χ4v) is 4.60. The van der Waals surface area contributed by atoms with Gasteiger partial charge in [0.25, 0.3) is 5.82 Å². The normalized spacial score (nSPS) is 15.3. The SMILES string of the molecule is CCC1Cc2ccc(OCCCN(C)c3cccc[n+]3[O-])cc2CN(Cc2ccc(F)c(F)c2F)C1=O. The maximum atomic E-state index is 14.4. The van der Waals surface area contributed by atoms with Crippen molar-refractivity contribution in [3.63, 3.8) is 0 Å². The van der Waals surface area contributed by atoms with Crippen molar-refractivity contribution in [1.82, 2.24) is 4.90 Å². The zero-order chi connectivity index (χ0) is 26.5. The molecule has 196 valence electrons. The molecule has 3 aromatic rings. The van der Waals surface area contributed by atoms with E-state index in [2.05, 4.69) is 0 Å². The van der Waals surface area contributed by atoms with E-state index in [0.717, 1.165) is 21.9 Å². The van der Waals surface area contributed by atoms with Crippen molar-refractivity contribution in [2.45, 2.75) is 39.3 Å². The van der Waals surface area contributed by atoms with Gasteiger partial charge in [-0.15, -0.1) is 0 Å². The number of carbonyl (C=O) groups is 1. The molecule has 1 atom stereocenters. The summed E-state index contributed by atoms with van der Waals surface area (Å²) in [5.41, 5.74) is 1.81. The predicted octanol–water partition coefficient (Wildman–Crippen LogP) is 4.75. The number of aromatic nitrogens is 1. The first kappa shape index (κ1) is 26.3. The smallest absolute Gasteiger partial charge is 0.279 e. The van der Waals surface area contributed by atoms with Crippen LogP contribution < -0.4 is 14.4 Å². The molecule has 0 aliphatic carbocycles. The fraction of sp³-hybridized carbons (Fsp3) is 0.357. The molecular weight excluding hydrogens is 483 g/mol. The van der Waals surface area contributed by atoms with Gasteiger partial charge >= 0.3 is 0 Å². The molecule has 0 N–H and O–H groups in total. The first-order chi connectivity index (χ1) is 17.8. The van der Waals surface area contributed by atoms with Gasteiger partial charge in [-0.3, -0.25) is 9.69 Å². The van der Waals surface area contributed by atoms with Crippen molar-refractivity contribution in [2.24, 2.45) is 5.92 Å². The first-order valence-corrected chi connectivity index (χ1v) is 12.3. The zero-order valence-electron chi connectivity index (χ0n) is 20.9. The molecule has 0 bridgehead atoms. The summed E-state index contributed by atoms with van der Waals surface area (Å²) in [6.07, 6.45) is 3.28. The number of pyridine rings is 1. The lowest BCUT2D eigenvalue weighted by Gasteiger charge is -2.24. The highest BCUT2D eigenvalue weighted by Crippen LogP contribution is 2.29. The number of hydrogen-bond acceptors (Lipinski definition) is 4. The molecule has 0 saturated heterocycles. The summed E-state index contributed by atoms with van der Waals surface area (Å²) >= 11 is 0. The van der Waals surface area contributed by atoms with Gasteiger partial charge in [0.1, 0.15) is 5.75 Å². The van der Waals surface area contributed by atoms with Gasteiger partial charge in [-0.2, -0.15) is 0 Å². The number of benzene rings is 2. The number of rotatable bonds is 9. The fourth-order valence-electron chi connectivity index (χ4n) is 4.60. The van der Waals surface area contributed by atoms with Crippen molar-refractivity contribution in [2.75, 3.05) is 25.1 Å². The molecule has 2 aromatic carbocycles. The maximum absolute atomic E-state index is 14.4. The van der Waals surface area contributed by atoms with Crippen molar-refractivity contribution in [3.8, 4) is 5.75 Å². The average Bonchev–Trinajstić information content (AvgIpc) is 3.02. The van der Waals surface area contributed by atoms with Crippen LogP contribution in [0.1, 0.15) is 36.5 Å². The predicted molar refractivity (Wildman–Crippen MR) is 133 cm³/mol.